The van der Waals surface area contributed by atoms with E-state index in [9.17, 15) is 0 Å². The second kappa shape index (κ2) is 5.12. The molecule has 2 heterocycles. The second-order valence-corrected chi connectivity index (χ2v) is 4.12. The van der Waals surface area contributed by atoms with Crippen molar-refractivity contribution in [2.45, 2.75) is 20.0 Å². The average Bonchev–Trinajstić information content (AvgIpc) is 2.30. The topological polar surface area (TPSA) is 50.3 Å². The molecule has 0 spiro atoms. The zero-order valence-electron chi connectivity index (χ0n) is 9.81. The van der Waals surface area contributed by atoms with E-state index in [1.807, 2.05) is 13.8 Å². The summed E-state index contributed by atoms with van der Waals surface area (Å²) in [4.78, 5) is 10.8. The van der Waals surface area contributed by atoms with E-state index in [2.05, 4.69) is 20.2 Å². The van der Waals surface area contributed by atoms with Gasteiger partial charge in [-0.3, -0.25) is 0 Å². The van der Waals surface area contributed by atoms with Crippen LogP contribution in [0.1, 0.15) is 13.8 Å². The van der Waals surface area contributed by atoms with Crippen molar-refractivity contribution < 1.29 is 4.74 Å². The highest BCUT2D eigenvalue weighted by atomic mass is 16.5. The molecular weight excluding hydrogens is 204 g/mol. The van der Waals surface area contributed by atoms with Crippen molar-refractivity contribution in [3.8, 4) is 5.75 Å². The van der Waals surface area contributed by atoms with Gasteiger partial charge in [-0.1, -0.05) is 0 Å². The lowest BCUT2D eigenvalue weighted by molar-refractivity contribution is 0.240. The summed E-state index contributed by atoms with van der Waals surface area (Å²) in [5, 5.41) is 3.30. The standard InChI is InChI=1S/C11H18N4O/c1-9(2)16-10-7-13-11(14-8-10)15-5-3-12-4-6-15/h7-9,12H,3-6H2,1-2H3. The van der Waals surface area contributed by atoms with Crippen LogP contribution in [0.5, 0.6) is 5.75 Å². The highest BCUT2D eigenvalue weighted by Crippen LogP contribution is 2.13. The van der Waals surface area contributed by atoms with Crippen molar-refractivity contribution in [3.05, 3.63) is 12.4 Å². The second-order valence-electron chi connectivity index (χ2n) is 4.12. The van der Waals surface area contributed by atoms with Crippen molar-refractivity contribution in [2.24, 2.45) is 0 Å². The van der Waals surface area contributed by atoms with Gasteiger partial charge in [0.2, 0.25) is 5.95 Å². The third-order valence-corrected chi connectivity index (χ3v) is 2.39. The van der Waals surface area contributed by atoms with Crippen LogP contribution in [-0.2, 0) is 0 Å². The Kier molecular flexibility index (Phi) is 3.56. The molecule has 0 radical (unpaired) electrons. The summed E-state index contributed by atoms with van der Waals surface area (Å²) in [6.45, 7) is 7.89. The van der Waals surface area contributed by atoms with Crippen molar-refractivity contribution in [1.82, 2.24) is 15.3 Å². The molecule has 5 nitrogen and oxygen atoms in total. The van der Waals surface area contributed by atoms with Gasteiger partial charge in [-0.05, 0) is 13.8 Å². The van der Waals surface area contributed by atoms with E-state index in [-0.39, 0.29) is 6.10 Å². The van der Waals surface area contributed by atoms with Gasteiger partial charge in [0.15, 0.2) is 5.75 Å². The minimum Gasteiger partial charge on any atom is -0.488 e. The first-order chi connectivity index (χ1) is 7.75. The molecule has 0 aliphatic carbocycles. The number of anilines is 1. The van der Waals surface area contributed by atoms with Gasteiger partial charge in [0.25, 0.3) is 0 Å². The van der Waals surface area contributed by atoms with Crippen molar-refractivity contribution in [2.75, 3.05) is 31.1 Å². The Hall–Kier alpha value is -1.36. The summed E-state index contributed by atoms with van der Waals surface area (Å²) in [5.41, 5.74) is 0. The maximum Gasteiger partial charge on any atom is 0.225 e. The zero-order chi connectivity index (χ0) is 11.4. The lowest BCUT2D eigenvalue weighted by Crippen LogP contribution is -2.44. The van der Waals surface area contributed by atoms with Gasteiger partial charge in [-0.25, -0.2) is 9.97 Å². The molecule has 2 rings (SSSR count). The van der Waals surface area contributed by atoms with Crippen LogP contribution in [0.15, 0.2) is 12.4 Å². The summed E-state index contributed by atoms with van der Waals surface area (Å²) in [6.07, 6.45) is 3.64. The summed E-state index contributed by atoms with van der Waals surface area (Å²) in [7, 11) is 0. The molecular formula is C11H18N4O. The number of piperazine rings is 1. The highest BCUT2D eigenvalue weighted by molar-refractivity contribution is 5.32. The van der Waals surface area contributed by atoms with E-state index in [1.54, 1.807) is 12.4 Å². The van der Waals surface area contributed by atoms with Gasteiger partial charge in [0.1, 0.15) is 0 Å². The fraction of sp³-hybridized carbons (Fsp3) is 0.636. The van der Waals surface area contributed by atoms with Crippen molar-refractivity contribution in [3.63, 3.8) is 0 Å². The molecule has 16 heavy (non-hydrogen) atoms. The molecule has 0 amide bonds. The van der Waals surface area contributed by atoms with Gasteiger partial charge in [0.05, 0.1) is 18.5 Å². The van der Waals surface area contributed by atoms with E-state index in [0.29, 0.717) is 0 Å². The van der Waals surface area contributed by atoms with E-state index in [4.69, 9.17) is 4.74 Å². The Morgan fingerprint density at radius 3 is 2.44 bits per heavy atom. The minimum atomic E-state index is 0.161. The molecule has 0 unspecified atom stereocenters. The van der Waals surface area contributed by atoms with Gasteiger partial charge in [-0.2, -0.15) is 0 Å². The molecule has 0 saturated carbocycles. The maximum atomic E-state index is 5.50. The fourth-order valence-electron chi connectivity index (χ4n) is 1.67. The highest BCUT2D eigenvalue weighted by Gasteiger charge is 2.12. The van der Waals surface area contributed by atoms with E-state index in [0.717, 1.165) is 37.9 Å². The fourth-order valence-corrected chi connectivity index (χ4v) is 1.67. The van der Waals surface area contributed by atoms with Gasteiger partial charge in [-0.15, -0.1) is 0 Å². The monoisotopic (exact) mass is 222 g/mol. The normalized spacial score (nSPS) is 16.6. The largest absolute Gasteiger partial charge is 0.488 e. The Morgan fingerprint density at radius 1 is 1.25 bits per heavy atom. The molecule has 0 atom stereocenters. The minimum absolute atomic E-state index is 0.161. The van der Waals surface area contributed by atoms with Gasteiger partial charge < -0.3 is 15.0 Å². The van der Waals surface area contributed by atoms with Crippen molar-refractivity contribution >= 4 is 5.95 Å². The Morgan fingerprint density at radius 2 is 1.88 bits per heavy atom. The van der Waals surface area contributed by atoms with Crippen LogP contribution in [0.3, 0.4) is 0 Å². The third kappa shape index (κ3) is 2.82. The van der Waals surface area contributed by atoms with E-state index >= 15 is 0 Å². The smallest absolute Gasteiger partial charge is 0.225 e. The molecule has 0 bridgehead atoms. The van der Waals surface area contributed by atoms with Crippen LogP contribution in [0, 0.1) is 0 Å². The predicted octanol–water partition coefficient (Wildman–Crippen LogP) is 0.673. The zero-order valence-corrected chi connectivity index (χ0v) is 9.81. The molecule has 1 fully saturated rings. The third-order valence-electron chi connectivity index (χ3n) is 2.39. The first-order valence-corrected chi connectivity index (χ1v) is 5.70. The molecule has 1 aliphatic rings. The quantitative estimate of drug-likeness (QED) is 0.814. The first-order valence-electron chi connectivity index (χ1n) is 5.70. The Labute approximate surface area is 95.8 Å². The molecule has 5 heteroatoms. The number of ether oxygens (including phenoxy) is 1. The van der Waals surface area contributed by atoms with Crippen LogP contribution in [0.4, 0.5) is 5.95 Å². The molecule has 88 valence electrons. The number of hydrogen-bond acceptors (Lipinski definition) is 5. The van der Waals surface area contributed by atoms with Crippen molar-refractivity contribution in [1.29, 1.82) is 0 Å². The molecule has 1 N–H and O–H groups in total. The summed E-state index contributed by atoms with van der Waals surface area (Å²) in [6, 6.07) is 0. The first kappa shape index (κ1) is 11.1. The molecule has 1 aromatic heterocycles. The van der Waals surface area contributed by atoms with Crippen LogP contribution < -0.4 is 15.0 Å². The summed E-state index contributed by atoms with van der Waals surface area (Å²) < 4.78 is 5.50. The molecule has 0 aromatic carbocycles. The number of nitrogens with zero attached hydrogens (tertiary/aromatic N) is 3. The average molecular weight is 222 g/mol. The lowest BCUT2D eigenvalue weighted by Gasteiger charge is -2.27. The molecule has 1 aromatic rings. The van der Waals surface area contributed by atoms with E-state index in [1.165, 1.54) is 0 Å². The SMILES string of the molecule is CC(C)Oc1cnc(N2CCNCC2)nc1. The van der Waals surface area contributed by atoms with Gasteiger partial charge in [0, 0.05) is 26.2 Å². The summed E-state index contributed by atoms with van der Waals surface area (Å²) in [5.74, 6) is 1.52. The maximum absolute atomic E-state index is 5.50. The Balaban J connectivity index is 2.00. The van der Waals surface area contributed by atoms with Crippen LogP contribution in [0.25, 0.3) is 0 Å². The lowest BCUT2D eigenvalue weighted by atomic mass is 10.4. The number of aromatic nitrogens is 2. The van der Waals surface area contributed by atoms with Crippen LogP contribution in [0.2, 0.25) is 0 Å². The molecule has 1 saturated heterocycles. The van der Waals surface area contributed by atoms with Gasteiger partial charge >= 0.3 is 0 Å². The summed E-state index contributed by atoms with van der Waals surface area (Å²) >= 11 is 0. The predicted molar refractivity (Wildman–Crippen MR) is 62.9 cm³/mol. The van der Waals surface area contributed by atoms with Crippen LogP contribution in [-0.4, -0.2) is 42.3 Å². The van der Waals surface area contributed by atoms with Crippen LogP contribution >= 0.6 is 0 Å². The number of rotatable bonds is 3. The Bertz CT molecular complexity index is 319. The van der Waals surface area contributed by atoms with E-state index < -0.39 is 0 Å². The number of nitrogens with one attached hydrogen (secondary N) is 1. The number of hydrogen-bond donors (Lipinski definition) is 1. The molecule has 1 aliphatic heterocycles.